The highest BCUT2D eigenvalue weighted by molar-refractivity contribution is 5.47. The second-order valence-electron chi connectivity index (χ2n) is 8.98. The molecular weight excluding hydrogens is 368 g/mol. The first-order chi connectivity index (χ1) is 14.5. The number of unbranched alkanes of at least 4 members (excludes halogenated alkanes) is 6. The van der Waals surface area contributed by atoms with Crippen molar-refractivity contribution in [1.82, 2.24) is 0 Å². The number of phenolic OH excluding ortho intramolecular Hbond substituents is 2. The summed E-state index contributed by atoms with van der Waals surface area (Å²) >= 11 is 0. The van der Waals surface area contributed by atoms with Gasteiger partial charge in [0.1, 0.15) is 11.5 Å². The van der Waals surface area contributed by atoms with E-state index in [2.05, 4.69) is 52.0 Å². The lowest BCUT2D eigenvalue weighted by molar-refractivity contribution is 0.453. The van der Waals surface area contributed by atoms with Crippen LogP contribution in [0.1, 0.15) is 98.6 Å². The van der Waals surface area contributed by atoms with E-state index in [4.69, 9.17) is 0 Å². The van der Waals surface area contributed by atoms with Gasteiger partial charge in [-0.3, -0.25) is 0 Å². The zero-order chi connectivity index (χ0) is 21.9. The van der Waals surface area contributed by atoms with Crippen LogP contribution in [0.3, 0.4) is 0 Å². The van der Waals surface area contributed by atoms with E-state index in [9.17, 15) is 10.2 Å². The van der Waals surface area contributed by atoms with Crippen molar-refractivity contribution in [3.63, 3.8) is 0 Å². The number of benzene rings is 2. The van der Waals surface area contributed by atoms with Gasteiger partial charge in [0.15, 0.2) is 0 Å². The van der Waals surface area contributed by atoms with Crippen LogP contribution in [0.4, 0.5) is 0 Å². The molecule has 30 heavy (non-hydrogen) atoms. The largest absolute Gasteiger partial charge is 0.507 e. The summed E-state index contributed by atoms with van der Waals surface area (Å²) in [5.74, 6) is 0.924. The van der Waals surface area contributed by atoms with Crippen LogP contribution >= 0.6 is 0 Å². The first-order valence-electron chi connectivity index (χ1n) is 12.1. The predicted octanol–water partition coefficient (Wildman–Crippen LogP) is 7.75. The molecule has 2 aromatic carbocycles. The maximum Gasteiger partial charge on any atom is 0.121 e. The zero-order valence-electron chi connectivity index (χ0n) is 19.7. The third-order valence-corrected chi connectivity index (χ3v) is 6.09. The van der Waals surface area contributed by atoms with Gasteiger partial charge < -0.3 is 10.2 Å². The molecule has 2 aromatic rings. The van der Waals surface area contributed by atoms with Crippen molar-refractivity contribution in [3.8, 4) is 11.5 Å². The molecular formula is C28H42O2. The SMILES string of the molecule is CCCCCCc1cc(C)cc(CCc2cc(C)cc(CCCCCC)c2O)c1O. The summed E-state index contributed by atoms with van der Waals surface area (Å²) < 4.78 is 0. The molecule has 2 nitrogen and oxygen atoms in total. The molecule has 0 saturated heterocycles. The highest BCUT2D eigenvalue weighted by atomic mass is 16.3. The molecule has 2 rings (SSSR count). The normalized spacial score (nSPS) is 11.2. The van der Waals surface area contributed by atoms with Gasteiger partial charge >= 0.3 is 0 Å². The number of hydrogen-bond acceptors (Lipinski definition) is 2. The zero-order valence-corrected chi connectivity index (χ0v) is 19.7. The predicted molar refractivity (Wildman–Crippen MR) is 129 cm³/mol. The number of rotatable bonds is 13. The smallest absolute Gasteiger partial charge is 0.121 e. The minimum absolute atomic E-state index is 0.462. The van der Waals surface area contributed by atoms with Crippen molar-refractivity contribution < 1.29 is 10.2 Å². The molecule has 0 atom stereocenters. The molecule has 2 heteroatoms. The lowest BCUT2D eigenvalue weighted by atomic mass is 9.93. The van der Waals surface area contributed by atoms with Crippen molar-refractivity contribution >= 4 is 0 Å². The van der Waals surface area contributed by atoms with Gasteiger partial charge in [-0.05, 0) is 74.6 Å². The van der Waals surface area contributed by atoms with Gasteiger partial charge in [-0.2, -0.15) is 0 Å². The summed E-state index contributed by atoms with van der Waals surface area (Å²) in [5, 5.41) is 21.7. The molecule has 0 fully saturated rings. The van der Waals surface area contributed by atoms with Crippen LogP contribution in [0.15, 0.2) is 24.3 Å². The third kappa shape index (κ3) is 7.38. The van der Waals surface area contributed by atoms with Gasteiger partial charge in [-0.1, -0.05) is 87.8 Å². The van der Waals surface area contributed by atoms with E-state index in [0.717, 1.165) is 60.8 Å². The van der Waals surface area contributed by atoms with Crippen LogP contribution in [-0.4, -0.2) is 10.2 Å². The summed E-state index contributed by atoms with van der Waals surface area (Å²) in [5.41, 5.74) is 6.57. The van der Waals surface area contributed by atoms with Crippen LogP contribution in [-0.2, 0) is 25.7 Å². The molecule has 0 aliphatic carbocycles. The summed E-state index contributed by atoms with van der Waals surface area (Å²) in [6.07, 6.45) is 13.1. The fourth-order valence-electron chi connectivity index (χ4n) is 4.38. The van der Waals surface area contributed by atoms with Crippen molar-refractivity contribution in [2.75, 3.05) is 0 Å². The number of aromatic hydroxyl groups is 2. The molecule has 0 spiro atoms. The minimum Gasteiger partial charge on any atom is -0.507 e. The Hall–Kier alpha value is -1.96. The minimum atomic E-state index is 0.462. The number of phenols is 2. The van der Waals surface area contributed by atoms with Gasteiger partial charge in [0, 0.05) is 0 Å². The van der Waals surface area contributed by atoms with Gasteiger partial charge in [0.25, 0.3) is 0 Å². The Kier molecular flexibility index (Phi) is 10.3. The highest BCUT2D eigenvalue weighted by Crippen LogP contribution is 2.31. The molecule has 166 valence electrons. The lowest BCUT2D eigenvalue weighted by Gasteiger charge is -2.14. The molecule has 0 amide bonds. The topological polar surface area (TPSA) is 40.5 Å². The molecule has 0 aliphatic rings. The van der Waals surface area contributed by atoms with Gasteiger partial charge in [0.2, 0.25) is 0 Å². The molecule has 0 saturated carbocycles. The molecule has 0 heterocycles. The van der Waals surface area contributed by atoms with Crippen LogP contribution in [0.2, 0.25) is 0 Å². The molecule has 0 radical (unpaired) electrons. The molecule has 2 N–H and O–H groups in total. The number of aryl methyl sites for hydroxylation is 6. The van der Waals surface area contributed by atoms with Crippen LogP contribution < -0.4 is 0 Å². The standard InChI is InChI=1S/C28H42O2/c1-5-7-9-11-13-23-17-21(3)19-25(27(23)29)15-16-26-20-22(4)18-24(28(26)30)14-12-10-8-6-2/h17-20,29-30H,5-16H2,1-4H3. The lowest BCUT2D eigenvalue weighted by Crippen LogP contribution is -1.99. The van der Waals surface area contributed by atoms with E-state index in [1.807, 2.05) is 0 Å². The Labute approximate surface area is 184 Å². The van der Waals surface area contributed by atoms with E-state index in [1.165, 1.54) is 49.7 Å². The molecule has 0 aromatic heterocycles. The van der Waals surface area contributed by atoms with Crippen molar-refractivity contribution in [2.24, 2.45) is 0 Å². The van der Waals surface area contributed by atoms with Crippen molar-refractivity contribution in [2.45, 2.75) is 105 Å². The average Bonchev–Trinajstić information content (AvgIpc) is 2.72. The number of hydrogen-bond donors (Lipinski definition) is 2. The third-order valence-electron chi connectivity index (χ3n) is 6.09. The van der Waals surface area contributed by atoms with E-state index in [-0.39, 0.29) is 0 Å². The Balaban J connectivity index is 2.09. The Morgan fingerprint density at radius 2 is 0.833 bits per heavy atom. The van der Waals surface area contributed by atoms with Gasteiger partial charge in [0.05, 0.1) is 0 Å². The Morgan fingerprint density at radius 1 is 0.500 bits per heavy atom. The summed E-state index contributed by atoms with van der Waals surface area (Å²) in [6.45, 7) is 8.66. The Morgan fingerprint density at radius 3 is 1.17 bits per heavy atom. The Bertz CT molecular complexity index is 724. The van der Waals surface area contributed by atoms with E-state index in [1.54, 1.807) is 0 Å². The van der Waals surface area contributed by atoms with E-state index in [0.29, 0.717) is 11.5 Å². The van der Waals surface area contributed by atoms with E-state index >= 15 is 0 Å². The quantitative estimate of drug-likeness (QED) is 0.331. The highest BCUT2D eigenvalue weighted by Gasteiger charge is 2.13. The van der Waals surface area contributed by atoms with Crippen LogP contribution in [0, 0.1) is 13.8 Å². The molecule has 0 unspecified atom stereocenters. The monoisotopic (exact) mass is 410 g/mol. The van der Waals surface area contributed by atoms with Gasteiger partial charge in [-0.15, -0.1) is 0 Å². The average molecular weight is 411 g/mol. The second-order valence-corrected chi connectivity index (χ2v) is 8.98. The fraction of sp³-hybridized carbons (Fsp3) is 0.571. The second kappa shape index (κ2) is 12.7. The van der Waals surface area contributed by atoms with Gasteiger partial charge in [-0.25, -0.2) is 0 Å². The maximum absolute atomic E-state index is 10.8. The summed E-state index contributed by atoms with van der Waals surface area (Å²) in [6, 6.07) is 8.46. The van der Waals surface area contributed by atoms with Crippen molar-refractivity contribution in [1.29, 1.82) is 0 Å². The maximum atomic E-state index is 10.8. The van der Waals surface area contributed by atoms with Crippen LogP contribution in [0.25, 0.3) is 0 Å². The van der Waals surface area contributed by atoms with Crippen LogP contribution in [0.5, 0.6) is 11.5 Å². The van der Waals surface area contributed by atoms with Crippen molar-refractivity contribution in [3.05, 3.63) is 57.6 Å². The van der Waals surface area contributed by atoms with E-state index < -0.39 is 0 Å². The summed E-state index contributed by atoms with van der Waals surface area (Å²) in [4.78, 5) is 0. The first kappa shape index (κ1) is 24.3. The summed E-state index contributed by atoms with van der Waals surface area (Å²) in [7, 11) is 0. The first-order valence-corrected chi connectivity index (χ1v) is 12.1. The molecule has 0 aliphatic heterocycles. The fourth-order valence-corrected chi connectivity index (χ4v) is 4.38. The molecule has 0 bridgehead atoms.